The second kappa shape index (κ2) is 6.27. The highest BCUT2D eigenvalue weighted by Crippen LogP contribution is 2.12. The zero-order chi connectivity index (χ0) is 15.5. The zero-order valence-electron chi connectivity index (χ0n) is 12.5. The summed E-state index contributed by atoms with van der Waals surface area (Å²) in [5.41, 5.74) is 0.507. The number of benzene rings is 1. The molecule has 1 atom stereocenters. The minimum absolute atomic E-state index is 0.0575. The lowest BCUT2D eigenvalue weighted by Gasteiger charge is -2.11. The molecule has 1 fully saturated rings. The monoisotopic (exact) mass is 301 g/mol. The number of hydrogen-bond donors (Lipinski definition) is 1. The number of nitrogens with zero attached hydrogens (tertiary/aromatic N) is 2. The number of aromatic nitrogens is 2. The van der Waals surface area contributed by atoms with E-state index < -0.39 is 0 Å². The summed E-state index contributed by atoms with van der Waals surface area (Å²) < 4.78 is 6.51. The van der Waals surface area contributed by atoms with Gasteiger partial charge in [0.15, 0.2) is 0 Å². The minimum atomic E-state index is -0.236. The molecule has 1 aliphatic rings. The Balaban J connectivity index is 1.74. The van der Waals surface area contributed by atoms with Crippen LogP contribution in [0.25, 0.3) is 10.8 Å². The molecule has 3 rings (SSSR count). The molecule has 0 radical (unpaired) electrons. The Labute approximate surface area is 128 Å². The van der Waals surface area contributed by atoms with Gasteiger partial charge in [0.2, 0.25) is 5.91 Å². The van der Waals surface area contributed by atoms with Gasteiger partial charge in [-0.3, -0.25) is 9.59 Å². The molecule has 1 saturated heterocycles. The Bertz CT molecular complexity index is 748. The van der Waals surface area contributed by atoms with E-state index in [-0.39, 0.29) is 18.0 Å². The predicted molar refractivity (Wildman–Crippen MR) is 82.7 cm³/mol. The summed E-state index contributed by atoms with van der Waals surface area (Å²) in [7, 11) is 0. The molecule has 0 spiro atoms. The predicted octanol–water partition coefficient (Wildman–Crippen LogP) is 0.858. The van der Waals surface area contributed by atoms with Crippen LogP contribution in [-0.4, -0.2) is 35.4 Å². The van der Waals surface area contributed by atoms with Crippen molar-refractivity contribution >= 4 is 16.7 Å². The SMILES string of the molecule is Cc1nn(CC(=O)NC[C@@H]2CCOC2)c(=O)c2ccccc12. The van der Waals surface area contributed by atoms with Crippen LogP contribution in [0.3, 0.4) is 0 Å². The minimum Gasteiger partial charge on any atom is -0.381 e. The molecule has 1 N–H and O–H groups in total. The summed E-state index contributed by atoms with van der Waals surface area (Å²) in [4.78, 5) is 24.4. The first-order valence-corrected chi connectivity index (χ1v) is 7.46. The molecule has 22 heavy (non-hydrogen) atoms. The van der Waals surface area contributed by atoms with E-state index in [4.69, 9.17) is 4.74 Å². The number of rotatable bonds is 4. The Kier molecular flexibility index (Phi) is 4.20. The van der Waals surface area contributed by atoms with Crippen LogP contribution < -0.4 is 10.9 Å². The van der Waals surface area contributed by atoms with Crippen molar-refractivity contribution in [3.63, 3.8) is 0 Å². The molecule has 2 heterocycles. The average molecular weight is 301 g/mol. The van der Waals surface area contributed by atoms with Crippen LogP contribution in [-0.2, 0) is 16.1 Å². The number of hydrogen-bond acceptors (Lipinski definition) is 4. The third-order valence-corrected chi connectivity index (χ3v) is 3.96. The Morgan fingerprint density at radius 2 is 2.18 bits per heavy atom. The summed E-state index contributed by atoms with van der Waals surface area (Å²) >= 11 is 0. The molecule has 6 heteroatoms. The van der Waals surface area contributed by atoms with Gasteiger partial charge in [-0.25, -0.2) is 4.68 Å². The van der Waals surface area contributed by atoms with Crippen molar-refractivity contribution in [1.29, 1.82) is 0 Å². The topological polar surface area (TPSA) is 73.2 Å². The van der Waals surface area contributed by atoms with Crippen molar-refractivity contribution in [2.24, 2.45) is 5.92 Å². The van der Waals surface area contributed by atoms with Gasteiger partial charge in [-0.15, -0.1) is 0 Å². The van der Waals surface area contributed by atoms with Crippen LogP contribution in [0, 0.1) is 12.8 Å². The quantitative estimate of drug-likeness (QED) is 0.909. The molecule has 1 aliphatic heterocycles. The first kappa shape index (κ1) is 14.7. The highest BCUT2D eigenvalue weighted by atomic mass is 16.5. The van der Waals surface area contributed by atoms with Crippen molar-refractivity contribution in [3.05, 3.63) is 40.3 Å². The fourth-order valence-electron chi connectivity index (χ4n) is 2.71. The number of aryl methyl sites for hydroxylation is 1. The van der Waals surface area contributed by atoms with Gasteiger partial charge < -0.3 is 10.1 Å². The first-order valence-electron chi connectivity index (χ1n) is 7.46. The van der Waals surface area contributed by atoms with E-state index in [0.717, 1.165) is 24.1 Å². The summed E-state index contributed by atoms with van der Waals surface area (Å²) in [6.45, 7) is 3.81. The molecule has 1 aromatic carbocycles. The van der Waals surface area contributed by atoms with Crippen LogP contribution in [0.1, 0.15) is 12.1 Å². The molecule has 1 aromatic heterocycles. The van der Waals surface area contributed by atoms with Crippen molar-refractivity contribution in [1.82, 2.24) is 15.1 Å². The maximum Gasteiger partial charge on any atom is 0.275 e. The van der Waals surface area contributed by atoms with E-state index in [1.54, 1.807) is 6.07 Å². The molecule has 6 nitrogen and oxygen atoms in total. The lowest BCUT2D eigenvalue weighted by Crippen LogP contribution is -2.36. The number of amides is 1. The maximum absolute atomic E-state index is 12.4. The molecular formula is C16H19N3O3. The van der Waals surface area contributed by atoms with Crippen molar-refractivity contribution in [3.8, 4) is 0 Å². The number of fused-ring (bicyclic) bond motifs is 1. The van der Waals surface area contributed by atoms with Gasteiger partial charge in [-0.1, -0.05) is 18.2 Å². The van der Waals surface area contributed by atoms with E-state index in [1.807, 2.05) is 25.1 Å². The highest BCUT2D eigenvalue weighted by molar-refractivity contribution is 5.83. The average Bonchev–Trinajstić information content (AvgIpc) is 3.04. The Morgan fingerprint density at radius 3 is 2.91 bits per heavy atom. The Hall–Kier alpha value is -2.21. The van der Waals surface area contributed by atoms with E-state index in [1.165, 1.54) is 4.68 Å². The summed E-state index contributed by atoms with van der Waals surface area (Å²) in [6, 6.07) is 7.31. The first-order chi connectivity index (χ1) is 10.6. The fourth-order valence-corrected chi connectivity index (χ4v) is 2.71. The fraction of sp³-hybridized carbons (Fsp3) is 0.438. The van der Waals surface area contributed by atoms with E-state index in [9.17, 15) is 9.59 Å². The molecular weight excluding hydrogens is 282 g/mol. The molecule has 0 aliphatic carbocycles. The second-order valence-corrected chi connectivity index (χ2v) is 5.63. The third kappa shape index (κ3) is 3.01. The molecule has 0 bridgehead atoms. The normalized spacial score (nSPS) is 17.8. The largest absolute Gasteiger partial charge is 0.381 e. The lowest BCUT2D eigenvalue weighted by molar-refractivity contribution is -0.122. The van der Waals surface area contributed by atoms with Gasteiger partial charge in [0.25, 0.3) is 5.56 Å². The van der Waals surface area contributed by atoms with Gasteiger partial charge in [-0.2, -0.15) is 5.10 Å². The van der Waals surface area contributed by atoms with Crippen molar-refractivity contribution < 1.29 is 9.53 Å². The summed E-state index contributed by atoms with van der Waals surface area (Å²) in [5.74, 6) is 0.170. The summed E-state index contributed by atoms with van der Waals surface area (Å²) in [6.07, 6.45) is 0.966. The van der Waals surface area contributed by atoms with Crippen molar-refractivity contribution in [2.75, 3.05) is 19.8 Å². The van der Waals surface area contributed by atoms with Crippen LogP contribution in [0.5, 0.6) is 0 Å². The Morgan fingerprint density at radius 1 is 1.41 bits per heavy atom. The van der Waals surface area contributed by atoms with Gasteiger partial charge in [0, 0.05) is 24.5 Å². The van der Waals surface area contributed by atoms with Crippen molar-refractivity contribution in [2.45, 2.75) is 19.9 Å². The molecule has 0 saturated carbocycles. The molecule has 0 unspecified atom stereocenters. The summed E-state index contributed by atoms with van der Waals surface area (Å²) in [5, 5.41) is 8.50. The smallest absolute Gasteiger partial charge is 0.275 e. The maximum atomic E-state index is 12.4. The van der Waals surface area contributed by atoms with Crippen LogP contribution >= 0.6 is 0 Å². The molecule has 1 amide bonds. The van der Waals surface area contributed by atoms with E-state index >= 15 is 0 Å². The number of carbonyl (C=O) groups is 1. The molecule has 2 aromatic rings. The van der Waals surface area contributed by atoms with E-state index in [2.05, 4.69) is 10.4 Å². The highest BCUT2D eigenvalue weighted by Gasteiger charge is 2.17. The lowest BCUT2D eigenvalue weighted by atomic mass is 10.1. The van der Waals surface area contributed by atoms with Gasteiger partial charge >= 0.3 is 0 Å². The second-order valence-electron chi connectivity index (χ2n) is 5.63. The van der Waals surface area contributed by atoms with Crippen LogP contribution in [0.4, 0.5) is 0 Å². The molecule has 116 valence electrons. The number of nitrogens with one attached hydrogen (secondary N) is 1. The number of carbonyl (C=O) groups excluding carboxylic acids is 1. The number of ether oxygens (including phenoxy) is 1. The van der Waals surface area contributed by atoms with Crippen LogP contribution in [0.15, 0.2) is 29.1 Å². The zero-order valence-corrected chi connectivity index (χ0v) is 12.5. The van der Waals surface area contributed by atoms with Crippen LogP contribution in [0.2, 0.25) is 0 Å². The van der Waals surface area contributed by atoms with Gasteiger partial charge in [0.1, 0.15) is 6.54 Å². The van der Waals surface area contributed by atoms with Gasteiger partial charge in [-0.05, 0) is 19.4 Å². The standard InChI is InChI=1S/C16H19N3O3/c1-11-13-4-2-3-5-14(13)16(21)19(18-11)9-15(20)17-8-12-6-7-22-10-12/h2-5,12H,6-10H2,1H3,(H,17,20)/t12-/m0/s1. The van der Waals surface area contributed by atoms with Gasteiger partial charge in [0.05, 0.1) is 17.7 Å². The third-order valence-electron chi connectivity index (χ3n) is 3.96. The van der Waals surface area contributed by atoms with E-state index in [0.29, 0.717) is 24.5 Å².